The van der Waals surface area contributed by atoms with Crippen LogP contribution in [0.15, 0.2) is 0 Å². The summed E-state index contributed by atoms with van der Waals surface area (Å²) >= 11 is 6.22. The zero-order valence-electron chi connectivity index (χ0n) is 11.8. The third-order valence-electron chi connectivity index (χ3n) is 3.72. The Morgan fingerprint density at radius 2 is 2.32 bits per heavy atom. The Balaban J connectivity index is 1.95. The first-order valence-electron chi connectivity index (χ1n) is 7.40. The standard InChI is InChI=1S/C14H25ClN4/c1-2-3-7-13-17-12(14(15)18-13)10-19-8-5-4-6-11(16)9-19/h11H,2-10,16H2,1H3,(H,17,18)/t11-/m0/s1. The van der Waals surface area contributed by atoms with Crippen molar-refractivity contribution in [3.8, 4) is 0 Å². The Morgan fingerprint density at radius 1 is 1.47 bits per heavy atom. The topological polar surface area (TPSA) is 57.9 Å². The number of aryl methyl sites for hydroxylation is 1. The molecule has 0 spiro atoms. The monoisotopic (exact) mass is 284 g/mol. The van der Waals surface area contributed by atoms with Gasteiger partial charge in [-0.05, 0) is 25.8 Å². The molecule has 1 aliphatic heterocycles. The van der Waals surface area contributed by atoms with Gasteiger partial charge in [-0.1, -0.05) is 31.4 Å². The molecule has 1 aromatic heterocycles. The van der Waals surface area contributed by atoms with Crippen molar-refractivity contribution in [2.24, 2.45) is 5.73 Å². The predicted molar refractivity (Wildman–Crippen MR) is 79.3 cm³/mol. The Labute approximate surface area is 120 Å². The summed E-state index contributed by atoms with van der Waals surface area (Å²) in [4.78, 5) is 10.2. The lowest BCUT2D eigenvalue weighted by atomic mass is 10.2. The van der Waals surface area contributed by atoms with Gasteiger partial charge < -0.3 is 10.7 Å². The Hall–Kier alpha value is -0.580. The van der Waals surface area contributed by atoms with Crippen molar-refractivity contribution < 1.29 is 0 Å². The van der Waals surface area contributed by atoms with E-state index >= 15 is 0 Å². The van der Waals surface area contributed by atoms with Crippen LogP contribution < -0.4 is 5.73 Å². The highest BCUT2D eigenvalue weighted by Gasteiger charge is 2.17. The number of hydrogen-bond donors (Lipinski definition) is 2. The summed E-state index contributed by atoms with van der Waals surface area (Å²) in [7, 11) is 0. The second-order valence-corrected chi connectivity index (χ2v) is 5.91. The van der Waals surface area contributed by atoms with Crippen LogP contribution >= 0.6 is 11.6 Å². The van der Waals surface area contributed by atoms with Gasteiger partial charge in [0.15, 0.2) is 5.15 Å². The van der Waals surface area contributed by atoms with Gasteiger partial charge >= 0.3 is 0 Å². The lowest BCUT2D eigenvalue weighted by molar-refractivity contribution is 0.262. The molecule has 0 aliphatic carbocycles. The highest BCUT2D eigenvalue weighted by atomic mass is 35.5. The molecule has 1 aliphatic rings. The lowest BCUT2D eigenvalue weighted by Gasteiger charge is -2.21. The van der Waals surface area contributed by atoms with Gasteiger partial charge in [-0.25, -0.2) is 4.98 Å². The van der Waals surface area contributed by atoms with Gasteiger partial charge in [0.25, 0.3) is 0 Å². The Morgan fingerprint density at radius 3 is 3.11 bits per heavy atom. The van der Waals surface area contributed by atoms with Crippen LogP contribution in [0.3, 0.4) is 0 Å². The maximum atomic E-state index is 6.22. The summed E-state index contributed by atoms with van der Waals surface area (Å²) < 4.78 is 0. The number of halogens is 1. The average molecular weight is 285 g/mol. The van der Waals surface area contributed by atoms with Crippen LogP contribution in [0.2, 0.25) is 5.15 Å². The molecule has 4 nitrogen and oxygen atoms in total. The van der Waals surface area contributed by atoms with Crippen molar-refractivity contribution in [2.45, 2.75) is 58.0 Å². The smallest absolute Gasteiger partial charge is 0.151 e. The second kappa shape index (κ2) is 7.27. The molecule has 2 heterocycles. The van der Waals surface area contributed by atoms with Gasteiger partial charge in [0, 0.05) is 25.6 Å². The van der Waals surface area contributed by atoms with E-state index in [9.17, 15) is 0 Å². The first kappa shape index (κ1) is 14.8. The first-order chi connectivity index (χ1) is 9.19. The van der Waals surface area contributed by atoms with E-state index in [-0.39, 0.29) is 0 Å². The fraction of sp³-hybridized carbons (Fsp3) is 0.786. The summed E-state index contributed by atoms with van der Waals surface area (Å²) in [6, 6.07) is 0.295. The van der Waals surface area contributed by atoms with Crippen molar-refractivity contribution >= 4 is 11.6 Å². The SMILES string of the molecule is CCCCc1nc(Cl)c(CN2CCCC[C@H](N)C2)[nH]1. The number of aromatic nitrogens is 2. The van der Waals surface area contributed by atoms with E-state index in [4.69, 9.17) is 17.3 Å². The van der Waals surface area contributed by atoms with Crippen LogP contribution in [0, 0.1) is 0 Å². The quantitative estimate of drug-likeness (QED) is 0.874. The van der Waals surface area contributed by atoms with E-state index in [0.29, 0.717) is 11.2 Å². The fourth-order valence-corrected chi connectivity index (χ4v) is 2.84. The molecule has 0 radical (unpaired) electrons. The number of rotatable bonds is 5. The third kappa shape index (κ3) is 4.48. The van der Waals surface area contributed by atoms with Crippen molar-refractivity contribution in [1.29, 1.82) is 0 Å². The molecule has 108 valence electrons. The molecule has 0 amide bonds. The minimum atomic E-state index is 0.295. The fourth-order valence-electron chi connectivity index (χ4n) is 2.63. The molecule has 1 saturated heterocycles. The maximum absolute atomic E-state index is 6.22. The van der Waals surface area contributed by atoms with E-state index < -0.39 is 0 Å². The molecule has 0 aromatic carbocycles. The molecule has 0 unspecified atom stereocenters. The van der Waals surface area contributed by atoms with E-state index in [1.54, 1.807) is 0 Å². The number of nitrogens with one attached hydrogen (secondary N) is 1. The second-order valence-electron chi connectivity index (χ2n) is 5.55. The maximum Gasteiger partial charge on any atom is 0.151 e. The van der Waals surface area contributed by atoms with Crippen molar-refractivity contribution in [2.75, 3.05) is 13.1 Å². The van der Waals surface area contributed by atoms with Gasteiger partial charge in [0.05, 0.1) is 5.69 Å². The number of nitrogens with zero attached hydrogens (tertiary/aromatic N) is 2. The summed E-state index contributed by atoms with van der Waals surface area (Å²) in [6.45, 7) is 5.09. The van der Waals surface area contributed by atoms with Crippen molar-refractivity contribution in [1.82, 2.24) is 14.9 Å². The molecule has 2 rings (SSSR count). The minimum Gasteiger partial charge on any atom is -0.344 e. The predicted octanol–water partition coefficient (Wildman–Crippen LogP) is 2.72. The molecule has 1 atom stereocenters. The number of aromatic amines is 1. The van der Waals surface area contributed by atoms with Crippen LogP contribution in [-0.2, 0) is 13.0 Å². The molecule has 19 heavy (non-hydrogen) atoms. The summed E-state index contributed by atoms with van der Waals surface area (Å²) in [5.41, 5.74) is 7.13. The molecule has 1 fully saturated rings. The lowest BCUT2D eigenvalue weighted by Crippen LogP contribution is -2.35. The number of nitrogens with two attached hydrogens (primary N) is 1. The summed E-state index contributed by atoms with van der Waals surface area (Å²) in [6.07, 6.45) is 6.90. The molecular formula is C14H25ClN4. The average Bonchev–Trinajstić information content (AvgIpc) is 2.58. The highest BCUT2D eigenvalue weighted by molar-refractivity contribution is 6.30. The number of likely N-dealkylation sites (tertiary alicyclic amines) is 1. The third-order valence-corrected chi connectivity index (χ3v) is 4.03. The van der Waals surface area contributed by atoms with Gasteiger partial charge in [0.2, 0.25) is 0 Å². The van der Waals surface area contributed by atoms with E-state index in [1.807, 2.05) is 0 Å². The number of unbranched alkanes of at least 4 members (excludes halogenated alkanes) is 1. The Kier molecular flexibility index (Phi) is 5.67. The Bertz CT molecular complexity index is 391. The van der Waals surface area contributed by atoms with Gasteiger partial charge in [0.1, 0.15) is 5.82 Å². The molecular weight excluding hydrogens is 260 g/mol. The summed E-state index contributed by atoms with van der Waals surface area (Å²) in [5.74, 6) is 1.01. The van der Waals surface area contributed by atoms with Crippen LogP contribution in [0.25, 0.3) is 0 Å². The van der Waals surface area contributed by atoms with Crippen molar-refractivity contribution in [3.05, 3.63) is 16.7 Å². The molecule has 0 bridgehead atoms. The number of imidazole rings is 1. The highest BCUT2D eigenvalue weighted by Crippen LogP contribution is 2.18. The molecule has 3 N–H and O–H groups in total. The van der Waals surface area contributed by atoms with Gasteiger partial charge in [-0.3, -0.25) is 4.90 Å². The molecule has 5 heteroatoms. The van der Waals surface area contributed by atoms with Crippen LogP contribution in [0.5, 0.6) is 0 Å². The van der Waals surface area contributed by atoms with Crippen LogP contribution in [-0.4, -0.2) is 34.0 Å². The zero-order valence-corrected chi connectivity index (χ0v) is 12.5. The summed E-state index contributed by atoms with van der Waals surface area (Å²) in [5, 5.41) is 0.629. The van der Waals surface area contributed by atoms with E-state index in [2.05, 4.69) is 21.8 Å². The number of hydrogen-bond acceptors (Lipinski definition) is 3. The van der Waals surface area contributed by atoms with Crippen LogP contribution in [0.4, 0.5) is 0 Å². The minimum absolute atomic E-state index is 0.295. The number of H-pyrrole nitrogens is 1. The van der Waals surface area contributed by atoms with Crippen molar-refractivity contribution in [3.63, 3.8) is 0 Å². The van der Waals surface area contributed by atoms with Gasteiger partial charge in [-0.2, -0.15) is 0 Å². The van der Waals surface area contributed by atoms with E-state index in [0.717, 1.165) is 50.4 Å². The normalized spacial score (nSPS) is 21.5. The zero-order chi connectivity index (χ0) is 13.7. The van der Waals surface area contributed by atoms with E-state index in [1.165, 1.54) is 19.3 Å². The first-order valence-corrected chi connectivity index (χ1v) is 7.78. The molecule has 1 aromatic rings. The molecule has 0 saturated carbocycles. The largest absolute Gasteiger partial charge is 0.344 e. The van der Waals surface area contributed by atoms with Crippen LogP contribution in [0.1, 0.15) is 50.5 Å². The van der Waals surface area contributed by atoms with Gasteiger partial charge in [-0.15, -0.1) is 0 Å².